The third-order valence-corrected chi connectivity index (χ3v) is 4.16. The fourth-order valence-electron chi connectivity index (χ4n) is 2.83. The van der Waals surface area contributed by atoms with Crippen molar-refractivity contribution in [2.24, 2.45) is 0 Å². The second-order valence-corrected chi connectivity index (χ2v) is 5.85. The molecular formula is C15H19FN4O3. The van der Waals surface area contributed by atoms with Crippen LogP contribution in [0.2, 0.25) is 0 Å². The second kappa shape index (κ2) is 6.02. The van der Waals surface area contributed by atoms with Gasteiger partial charge in [-0.25, -0.2) is 14.2 Å². The van der Waals surface area contributed by atoms with Crippen LogP contribution in [0.4, 0.5) is 20.8 Å². The number of amides is 2. The molecule has 3 rings (SSSR count). The number of carbonyl (C=O) groups excluding carboxylic acids is 1. The summed E-state index contributed by atoms with van der Waals surface area (Å²) in [5.74, 6) is 0.0709. The summed E-state index contributed by atoms with van der Waals surface area (Å²) in [7, 11) is 0. The third-order valence-electron chi connectivity index (χ3n) is 4.16. The van der Waals surface area contributed by atoms with Gasteiger partial charge in [-0.15, -0.1) is 0 Å². The molecular weight excluding hydrogens is 303 g/mol. The number of piperazine rings is 1. The van der Waals surface area contributed by atoms with Crippen molar-refractivity contribution in [1.82, 2.24) is 9.88 Å². The number of aromatic nitrogens is 1. The fourth-order valence-corrected chi connectivity index (χ4v) is 2.83. The van der Waals surface area contributed by atoms with Crippen molar-refractivity contribution >= 4 is 23.6 Å². The lowest BCUT2D eigenvalue weighted by atomic mass is 10.3. The molecule has 2 fully saturated rings. The van der Waals surface area contributed by atoms with E-state index in [0.29, 0.717) is 32.0 Å². The molecule has 23 heavy (non-hydrogen) atoms. The topological polar surface area (TPSA) is 77.0 Å². The minimum Gasteiger partial charge on any atom is -0.465 e. The van der Waals surface area contributed by atoms with Gasteiger partial charge in [0.2, 0.25) is 5.91 Å². The number of halogens is 1. The SMILES string of the molecule is CC(=O)N(c1ccc(F)c(N2CCN(C(=O)O)CC2)n1)C1CC1. The number of nitrogens with zero attached hydrogens (tertiary/aromatic N) is 4. The maximum absolute atomic E-state index is 14.2. The summed E-state index contributed by atoms with van der Waals surface area (Å²) in [4.78, 5) is 31.7. The highest BCUT2D eigenvalue weighted by Crippen LogP contribution is 2.32. The molecule has 2 heterocycles. The van der Waals surface area contributed by atoms with E-state index in [4.69, 9.17) is 5.11 Å². The van der Waals surface area contributed by atoms with Gasteiger partial charge in [-0.2, -0.15) is 0 Å². The summed E-state index contributed by atoms with van der Waals surface area (Å²) < 4.78 is 14.2. The Labute approximate surface area is 133 Å². The van der Waals surface area contributed by atoms with Crippen LogP contribution in [0.3, 0.4) is 0 Å². The van der Waals surface area contributed by atoms with E-state index in [2.05, 4.69) is 4.98 Å². The number of hydrogen-bond acceptors (Lipinski definition) is 4. The average molecular weight is 322 g/mol. The van der Waals surface area contributed by atoms with Crippen molar-refractivity contribution < 1.29 is 19.1 Å². The van der Waals surface area contributed by atoms with E-state index in [1.807, 2.05) is 0 Å². The summed E-state index contributed by atoms with van der Waals surface area (Å²) in [5.41, 5.74) is 0. The van der Waals surface area contributed by atoms with E-state index in [1.165, 1.54) is 24.0 Å². The molecule has 2 aliphatic rings. The Morgan fingerprint density at radius 2 is 1.91 bits per heavy atom. The van der Waals surface area contributed by atoms with E-state index in [-0.39, 0.29) is 17.8 Å². The molecule has 7 nitrogen and oxygen atoms in total. The molecule has 124 valence electrons. The second-order valence-electron chi connectivity index (χ2n) is 5.85. The molecule has 1 saturated heterocycles. The van der Waals surface area contributed by atoms with Crippen LogP contribution in [-0.2, 0) is 4.79 Å². The van der Waals surface area contributed by atoms with Crippen molar-refractivity contribution in [2.45, 2.75) is 25.8 Å². The van der Waals surface area contributed by atoms with Crippen LogP contribution in [0, 0.1) is 5.82 Å². The summed E-state index contributed by atoms with van der Waals surface area (Å²) in [6.45, 7) is 2.85. The first-order chi connectivity index (χ1) is 11.0. The molecule has 1 aliphatic heterocycles. The molecule has 0 radical (unpaired) electrons. The average Bonchev–Trinajstić information content (AvgIpc) is 3.33. The van der Waals surface area contributed by atoms with Gasteiger partial charge in [0.25, 0.3) is 0 Å². The van der Waals surface area contributed by atoms with Gasteiger partial charge in [-0.3, -0.25) is 9.69 Å². The lowest BCUT2D eigenvalue weighted by Gasteiger charge is -2.34. The van der Waals surface area contributed by atoms with Gasteiger partial charge in [0.05, 0.1) is 0 Å². The quantitative estimate of drug-likeness (QED) is 0.913. The van der Waals surface area contributed by atoms with E-state index < -0.39 is 11.9 Å². The van der Waals surface area contributed by atoms with Crippen molar-refractivity contribution in [3.05, 3.63) is 17.9 Å². The van der Waals surface area contributed by atoms with Gasteiger partial charge < -0.3 is 14.9 Å². The lowest BCUT2D eigenvalue weighted by Crippen LogP contribution is -2.49. The standard InChI is InChI=1S/C15H19FN4O3/c1-10(21)20(11-2-3-11)13-5-4-12(16)14(17-13)18-6-8-19(9-7-18)15(22)23/h4-5,11H,2-3,6-9H2,1H3,(H,22,23). The van der Waals surface area contributed by atoms with Gasteiger partial charge in [0.1, 0.15) is 5.82 Å². The van der Waals surface area contributed by atoms with Gasteiger partial charge in [-0.05, 0) is 25.0 Å². The molecule has 1 N–H and O–H groups in total. The fraction of sp³-hybridized carbons (Fsp3) is 0.533. The number of pyridine rings is 1. The lowest BCUT2D eigenvalue weighted by molar-refractivity contribution is -0.116. The van der Waals surface area contributed by atoms with Crippen LogP contribution in [-0.4, -0.2) is 59.2 Å². The largest absolute Gasteiger partial charge is 0.465 e. The first kappa shape index (κ1) is 15.5. The van der Waals surface area contributed by atoms with Crippen LogP contribution >= 0.6 is 0 Å². The molecule has 0 spiro atoms. The number of rotatable bonds is 3. The molecule has 1 aromatic rings. The number of anilines is 2. The molecule has 1 aliphatic carbocycles. The number of carboxylic acid groups (broad SMARTS) is 1. The predicted molar refractivity (Wildman–Crippen MR) is 82.2 cm³/mol. The smallest absolute Gasteiger partial charge is 0.407 e. The highest BCUT2D eigenvalue weighted by atomic mass is 19.1. The van der Waals surface area contributed by atoms with Crippen molar-refractivity contribution in [3.8, 4) is 0 Å². The van der Waals surface area contributed by atoms with Crippen LogP contribution in [0.15, 0.2) is 12.1 Å². The molecule has 1 aromatic heterocycles. The van der Waals surface area contributed by atoms with E-state index >= 15 is 0 Å². The number of hydrogen-bond donors (Lipinski definition) is 1. The molecule has 1 saturated carbocycles. The van der Waals surface area contributed by atoms with Crippen LogP contribution in [0.5, 0.6) is 0 Å². The Morgan fingerprint density at radius 1 is 1.26 bits per heavy atom. The summed E-state index contributed by atoms with van der Waals surface area (Å²) >= 11 is 0. The number of carbonyl (C=O) groups is 2. The molecule has 0 unspecified atom stereocenters. The van der Waals surface area contributed by atoms with E-state index in [0.717, 1.165) is 12.8 Å². The maximum atomic E-state index is 14.2. The summed E-state index contributed by atoms with van der Waals surface area (Å²) in [5, 5.41) is 8.97. The zero-order valence-corrected chi connectivity index (χ0v) is 12.9. The normalized spacial score (nSPS) is 18.0. The molecule has 8 heteroatoms. The molecule has 0 aromatic carbocycles. The summed E-state index contributed by atoms with van der Waals surface area (Å²) in [6, 6.07) is 2.99. The van der Waals surface area contributed by atoms with E-state index in [1.54, 1.807) is 9.80 Å². The highest BCUT2D eigenvalue weighted by molar-refractivity contribution is 5.91. The van der Waals surface area contributed by atoms with Crippen molar-refractivity contribution in [2.75, 3.05) is 36.0 Å². The Hall–Kier alpha value is -2.38. The summed E-state index contributed by atoms with van der Waals surface area (Å²) in [6.07, 6.45) is 0.902. The van der Waals surface area contributed by atoms with Gasteiger partial charge in [0, 0.05) is 39.1 Å². The van der Waals surface area contributed by atoms with Crippen LogP contribution < -0.4 is 9.80 Å². The Balaban J connectivity index is 1.81. The monoisotopic (exact) mass is 322 g/mol. The Morgan fingerprint density at radius 3 is 2.43 bits per heavy atom. The first-order valence-electron chi connectivity index (χ1n) is 7.66. The van der Waals surface area contributed by atoms with Gasteiger partial charge in [0.15, 0.2) is 11.6 Å². The first-order valence-corrected chi connectivity index (χ1v) is 7.66. The van der Waals surface area contributed by atoms with Crippen molar-refractivity contribution in [3.63, 3.8) is 0 Å². The third kappa shape index (κ3) is 3.20. The Kier molecular flexibility index (Phi) is 4.06. The highest BCUT2D eigenvalue weighted by Gasteiger charge is 2.33. The maximum Gasteiger partial charge on any atom is 0.407 e. The van der Waals surface area contributed by atoms with Gasteiger partial charge in [-0.1, -0.05) is 0 Å². The Bertz CT molecular complexity index is 627. The molecule has 0 bridgehead atoms. The van der Waals surface area contributed by atoms with Gasteiger partial charge >= 0.3 is 6.09 Å². The van der Waals surface area contributed by atoms with Crippen LogP contribution in [0.1, 0.15) is 19.8 Å². The van der Waals surface area contributed by atoms with Crippen molar-refractivity contribution in [1.29, 1.82) is 0 Å². The minimum atomic E-state index is -0.969. The zero-order chi connectivity index (χ0) is 16.6. The minimum absolute atomic E-state index is 0.103. The molecule has 0 atom stereocenters. The van der Waals surface area contributed by atoms with Crippen LogP contribution in [0.25, 0.3) is 0 Å². The predicted octanol–water partition coefficient (Wildman–Crippen LogP) is 1.54. The van der Waals surface area contributed by atoms with E-state index in [9.17, 15) is 14.0 Å². The molecule has 2 amide bonds. The zero-order valence-electron chi connectivity index (χ0n) is 12.9.